The van der Waals surface area contributed by atoms with Gasteiger partial charge in [-0.1, -0.05) is 33.1 Å². The minimum Gasteiger partial charge on any atom is -0.341 e. The van der Waals surface area contributed by atoms with E-state index in [-0.39, 0.29) is 24.4 Å². The average Bonchev–Trinajstić information content (AvgIpc) is 2.29. The molecule has 1 rings (SSSR count). The molecule has 0 spiro atoms. The number of piperazine rings is 1. The molecule has 0 aliphatic carbocycles. The first-order valence-electron chi connectivity index (χ1n) is 7.04. The summed E-state index contributed by atoms with van der Waals surface area (Å²) in [6.07, 6.45) is 5.25. The van der Waals surface area contributed by atoms with E-state index in [2.05, 4.69) is 19.2 Å². The summed E-state index contributed by atoms with van der Waals surface area (Å²) >= 11 is 0. The SMILES string of the molecule is CCCCC(CCC)N1CC(=O)NC(C)(C)C1=O. The van der Waals surface area contributed by atoms with Crippen molar-refractivity contribution in [3.63, 3.8) is 0 Å². The summed E-state index contributed by atoms with van der Waals surface area (Å²) in [5.41, 5.74) is -0.756. The van der Waals surface area contributed by atoms with Crippen molar-refractivity contribution < 1.29 is 9.59 Å². The first kappa shape index (κ1) is 15.0. The molecule has 1 N–H and O–H groups in total. The number of hydrogen-bond acceptors (Lipinski definition) is 2. The molecule has 1 heterocycles. The lowest BCUT2D eigenvalue weighted by Gasteiger charge is -2.41. The standard InChI is InChI=1S/C14H26N2O2/c1-5-7-9-11(8-6-2)16-10-12(17)15-14(3,4)13(16)18/h11H,5-10H2,1-4H3,(H,15,17). The van der Waals surface area contributed by atoms with Gasteiger partial charge in [0.1, 0.15) is 5.54 Å². The van der Waals surface area contributed by atoms with Gasteiger partial charge in [0, 0.05) is 6.04 Å². The van der Waals surface area contributed by atoms with E-state index in [1.165, 1.54) is 0 Å². The zero-order valence-electron chi connectivity index (χ0n) is 12.1. The van der Waals surface area contributed by atoms with Crippen LogP contribution >= 0.6 is 0 Å². The van der Waals surface area contributed by atoms with Crippen molar-refractivity contribution in [2.24, 2.45) is 0 Å². The van der Waals surface area contributed by atoms with Gasteiger partial charge in [-0.05, 0) is 26.7 Å². The van der Waals surface area contributed by atoms with Gasteiger partial charge >= 0.3 is 0 Å². The molecule has 1 saturated heterocycles. The van der Waals surface area contributed by atoms with E-state index in [0.717, 1.165) is 32.1 Å². The van der Waals surface area contributed by atoms with Crippen LogP contribution in [0.4, 0.5) is 0 Å². The molecule has 1 atom stereocenters. The van der Waals surface area contributed by atoms with Crippen LogP contribution in [0.2, 0.25) is 0 Å². The highest BCUT2D eigenvalue weighted by molar-refractivity contribution is 5.97. The first-order valence-corrected chi connectivity index (χ1v) is 7.04. The van der Waals surface area contributed by atoms with Crippen molar-refractivity contribution in [3.05, 3.63) is 0 Å². The zero-order valence-corrected chi connectivity index (χ0v) is 12.1. The van der Waals surface area contributed by atoms with Crippen LogP contribution < -0.4 is 5.32 Å². The summed E-state index contributed by atoms with van der Waals surface area (Å²) in [6.45, 7) is 8.05. The van der Waals surface area contributed by atoms with Crippen LogP contribution in [0.25, 0.3) is 0 Å². The molecule has 1 unspecified atom stereocenters. The van der Waals surface area contributed by atoms with Crippen molar-refractivity contribution in [2.75, 3.05) is 6.54 Å². The first-order chi connectivity index (χ1) is 8.42. The molecule has 1 fully saturated rings. The Labute approximate surface area is 110 Å². The van der Waals surface area contributed by atoms with Crippen molar-refractivity contribution >= 4 is 11.8 Å². The summed E-state index contributed by atoms with van der Waals surface area (Å²) in [5.74, 6) is 0.00820. The fourth-order valence-corrected chi connectivity index (χ4v) is 2.55. The molecule has 0 bridgehead atoms. The Kier molecular flexibility index (Phi) is 5.17. The monoisotopic (exact) mass is 254 g/mol. The minimum atomic E-state index is -0.756. The van der Waals surface area contributed by atoms with Crippen molar-refractivity contribution in [1.82, 2.24) is 10.2 Å². The highest BCUT2D eigenvalue weighted by Gasteiger charge is 2.41. The van der Waals surface area contributed by atoms with E-state index >= 15 is 0 Å². The number of rotatable bonds is 6. The summed E-state index contributed by atoms with van der Waals surface area (Å²) < 4.78 is 0. The molecule has 0 aromatic carbocycles. The van der Waals surface area contributed by atoms with E-state index in [1.54, 1.807) is 18.7 Å². The van der Waals surface area contributed by atoms with Crippen molar-refractivity contribution in [3.8, 4) is 0 Å². The predicted molar refractivity (Wildman–Crippen MR) is 72.2 cm³/mol. The Balaban J connectivity index is 2.81. The molecule has 104 valence electrons. The number of carbonyl (C=O) groups is 2. The Morgan fingerprint density at radius 2 is 1.89 bits per heavy atom. The number of hydrogen-bond donors (Lipinski definition) is 1. The maximum Gasteiger partial charge on any atom is 0.248 e. The lowest BCUT2D eigenvalue weighted by Crippen LogP contribution is -2.65. The molecule has 0 radical (unpaired) electrons. The third kappa shape index (κ3) is 3.47. The fraction of sp³-hybridized carbons (Fsp3) is 0.857. The smallest absolute Gasteiger partial charge is 0.248 e. The summed E-state index contributed by atoms with van der Waals surface area (Å²) in [7, 11) is 0. The molecule has 2 amide bonds. The van der Waals surface area contributed by atoms with Gasteiger partial charge in [-0.2, -0.15) is 0 Å². The molecule has 4 nitrogen and oxygen atoms in total. The van der Waals surface area contributed by atoms with Crippen molar-refractivity contribution in [1.29, 1.82) is 0 Å². The van der Waals surface area contributed by atoms with Gasteiger partial charge in [0.15, 0.2) is 0 Å². The summed E-state index contributed by atoms with van der Waals surface area (Å²) in [5, 5.41) is 2.76. The Morgan fingerprint density at radius 1 is 1.22 bits per heavy atom. The summed E-state index contributed by atoms with van der Waals surface area (Å²) in [6, 6.07) is 0.216. The number of unbranched alkanes of at least 4 members (excludes halogenated alkanes) is 1. The second kappa shape index (κ2) is 6.21. The Morgan fingerprint density at radius 3 is 2.44 bits per heavy atom. The summed E-state index contributed by atoms with van der Waals surface area (Å²) in [4.78, 5) is 25.9. The van der Waals surface area contributed by atoms with Gasteiger partial charge in [-0.25, -0.2) is 0 Å². The number of nitrogens with one attached hydrogen (secondary N) is 1. The maximum atomic E-state index is 12.4. The van der Waals surface area contributed by atoms with Crippen LogP contribution in [0.3, 0.4) is 0 Å². The van der Waals surface area contributed by atoms with E-state index in [0.29, 0.717) is 0 Å². The van der Waals surface area contributed by atoms with Gasteiger partial charge in [0.05, 0.1) is 6.54 Å². The second-order valence-corrected chi connectivity index (χ2v) is 5.69. The van der Waals surface area contributed by atoms with Gasteiger partial charge in [0.25, 0.3) is 0 Å². The van der Waals surface area contributed by atoms with Crippen LogP contribution in [0.1, 0.15) is 59.8 Å². The fourth-order valence-electron chi connectivity index (χ4n) is 2.55. The van der Waals surface area contributed by atoms with Crippen LogP contribution in [-0.2, 0) is 9.59 Å². The van der Waals surface area contributed by atoms with E-state index in [1.807, 2.05) is 0 Å². The highest BCUT2D eigenvalue weighted by atomic mass is 16.2. The predicted octanol–water partition coefficient (Wildman–Crippen LogP) is 2.08. The highest BCUT2D eigenvalue weighted by Crippen LogP contribution is 2.21. The molecular formula is C14H26N2O2. The molecule has 0 aromatic heterocycles. The van der Waals surface area contributed by atoms with Gasteiger partial charge in [-0.15, -0.1) is 0 Å². The number of nitrogens with zero attached hydrogens (tertiary/aromatic N) is 1. The quantitative estimate of drug-likeness (QED) is 0.789. The molecule has 1 aliphatic heterocycles. The van der Waals surface area contributed by atoms with Crippen LogP contribution in [-0.4, -0.2) is 34.8 Å². The van der Waals surface area contributed by atoms with E-state index < -0.39 is 5.54 Å². The van der Waals surface area contributed by atoms with Gasteiger partial charge < -0.3 is 10.2 Å². The maximum absolute atomic E-state index is 12.4. The normalized spacial score (nSPS) is 20.8. The number of carbonyl (C=O) groups excluding carboxylic acids is 2. The molecule has 0 saturated carbocycles. The van der Waals surface area contributed by atoms with Crippen molar-refractivity contribution in [2.45, 2.75) is 71.4 Å². The van der Waals surface area contributed by atoms with E-state index in [9.17, 15) is 9.59 Å². The third-order valence-electron chi connectivity index (χ3n) is 3.51. The average molecular weight is 254 g/mol. The second-order valence-electron chi connectivity index (χ2n) is 5.69. The molecular weight excluding hydrogens is 228 g/mol. The molecule has 18 heavy (non-hydrogen) atoms. The van der Waals surface area contributed by atoms with Gasteiger partial charge in [-0.3, -0.25) is 9.59 Å². The van der Waals surface area contributed by atoms with Crippen LogP contribution in [0.5, 0.6) is 0 Å². The zero-order chi connectivity index (χ0) is 13.8. The molecule has 4 heteroatoms. The number of amides is 2. The lowest BCUT2D eigenvalue weighted by molar-refractivity contribution is -0.151. The molecule has 1 aliphatic rings. The van der Waals surface area contributed by atoms with Crippen LogP contribution in [0.15, 0.2) is 0 Å². The Hall–Kier alpha value is -1.06. The topological polar surface area (TPSA) is 49.4 Å². The molecule has 0 aromatic rings. The van der Waals surface area contributed by atoms with E-state index in [4.69, 9.17) is 0 Å². The van der Waals surface area contributed by atoms with Gasteiger partial charge in [0.2, 0.25) is 11.8 Å². The lowest BCUT2D eigenvalue weighted by atomic mass is 9.95. The van der Waals surface area contributed by atoms with Crippen LogP contribution in [0, 0.1) is 0 Å². The third-order valence-corrected chi connectivity index (χ3v) is 3.51. The minimum absolute atomic E-state index is 0.0443. The largest absolute Gasteiger partial charge is 0.341 e. The Bertz CT molecular complexity index is 313.